The third kappa shape index (κ3) is 3.06. The summed E-state index contributed by atoms with van der Waals surface area (Å²) in [6.07, 6.45) is 0. The molecule has 0 atom stereocenters. The number of anilines is 1. The van der Waals surface area contributed by atoms with Crippen LogP contribution in [0.15, 0.2) is 18.2 Å². The maximum absolute atomic E-state index is 11.1. The van der Waals surface area contributed by atoms with E-state index in [2.05, 4.69) is 15.4 Å². The molecule has 110 valence electrons. The van der Waals surface area contributed by atoms with Crippen LogP contribution < -0.4 is 16.0 Å². The van der Waals surface area contributed by atoms with Gasteiger partial charge in [-0.25, -0.2) is 10.8 Å². The van der Waals surface area contributed by atoms with Crippen LogP contribution in [0.5, 0.6) is 11.6 Å². The van der Waals surface area contributed by atoms with Crippen molar-refractivity contribution in [3.05, 3.63) is 45.3 Å². The average molecular weight is 289 g/mol. The molecule has 0 aliphatic carbocycles. The molecule has 3 N–H and O–H groups in total. The number of nitrogens with zero attached hydrogens (tertiary/aromatic N) is 3. The lowest BCUT2D eigenvalue weighted by Gasteiger charge is -2.11. The van der Waals surface area contributed by atoms with E-state index in [0.717, 1.165) is 5.56 Å². The molecule has 1 heterocycles. The molecular weight excluding hydrogens is 274 g/mol. The normalized spacial score (nSPS) is 10.3. The lowest BCUT2D eigenvalue weighted by molar-refractivity contribution is -0.385. The van der Waals surface area contributed by atoms with E-state index in [4.69, 9.17) is 10.6 Å². The second-order valence-electron chi connectivity index (χ2n) is 4.52. The Morgan fingerprint density at radius 2 is 2.00 bits per heavy atom. The smallest absolute Gasteiger partial charge is 0.311 e. The highest BCUT2D eigenvalue weighted by Gasteiger charge is 2.18. The predicted molar refractivity (Wildman–Crippen MR) is 77.2 cm³/mol. The van der Waals surface area contributed by atoms with Gasteiger partial charge in [0.05, 0.1) is 10.5 Å². The SMILES string of the molecule is Cc1ccc(Oc2nc(C)nc(NN)c2C)c([N+](=O)[O-])c1. The van der Waals surface area contributed by atoms with Crippen LogP contribution in [0.3, 0.4) is 0 Å². The zero-order valence-electron chi connectivity index (χ0n) is 11.9. The number of hydrazine groups is 1. The molecule has 8 nitrogen and oxygen atoms in total. The van der Waals surface area contributed by atoms with Crippen LogP contribution >= 0.6 is 0 Å². The van der Waals surface area contributed by atoms with Crippen molar-refractivity contribution in [2.75, 3.05) is 5.43 Å². The number of nitrogens with one attached hydrogen (secondary N) is 1. The van der Waals surface area contributed by atoms with Crippen molar-refractivity contribution in [1.82, 2.24) is 9.97 Å². The van der Waals surface area contributed by atoms with Gasteiger partial charge >= 0.3 is 5.69 Å². The molecule has 0 radical (unpaired) electrons. The van der Waals surface area contributed by atoms with Crippen molar-refractivity contribution in [1.29, 1.82) is 0 Å². The zero-order chi connectivity index (χ0) is 15.6. The Kier molecular flexibility index (Phi) is 3.99. The van der Waals surface area contributed by atoms with E-state index in [1.54, 1.807) is 32.9 Å². The van der Waals surface area contributed by atoms with Crippen LogP contribution in [-0.4, -0.2) is 14.9 Å². The molecule has 1 aromatic heterocycles. The van der Waals surface area contributed by atoms with Crippen LogP contribution in [0.1, 0.15) is 17.0 Å². The maximum Gasteiger partial charge on any atom is 0.311 e. The molecule has 2 rings (SSSR count). The zero-order valence-corrected chi connectivity index (χ0v) is 11.9. The van der Waals surface area contributed by atoms with E-state index >= 15 is 0 Å². The van der Waals surface area contributed by atoms with Gasteiger partial charge in [0.25, 0.3) is 0 Å². The summed E-state index contributed by atoms with van der Waals surface area (Å²) >= 11 is 0. The molecule has 0 aliphatic rings. The van der Waals surface area contributed by atoms with Gasteiger partial charge in [-0.2, -0.15) is 4.98 Å². The highest BCUT2D eigenvalue weighted by atomic mass is 16.6. The van der Waals surface area contributed by atoms with Gasteiger partial charge in [0, 0.05) is 6.07 Å². The number of nitrogen functional groups attached to an aromatic ring is 1. The van der Waals surface area contributed by atoms with Crippen molar-refractivity contribution >= 4 is 11.5 Å². The molecule has 0 aliphatic heterocycles. The van der Waals surface area contributed by atoms with Crippen LogP contribution in [0.4, 0.5) is 11.5 Å². The minimum absolute atomic E-state index is 0.118. The second kappa shape index (κ2) is 5.71. The maximum atomic E-state index is 11.1. The summed E-state index contributed by atoms with van der Waals surface area (Å²) in [6, 6.07) is 4.72. The number of nitrogens with two attached hydrogens (primary N) is 1. The molecule has 0 spiro atoms. The summed E-state index contributed by atoms with van der Waals surface area (Å²) in [7, 11) is 0. The molecule has 0 fully saturated rings. The summed E-state index contributed by atoms with van der Waals surface area (Å²) in [6.45, 7) is 5.16. The number of ether oxygens (including phenoxy) is 1. The lowest BCUT2D eigenvalue weighted by Crippen LogP contribution is -2.12. The molecule has 0 saturated carbocycles. The fraction of sp³-hybridized carbons (Fsp3) is 0.231. The third-order valence-corrected chi connectivity index (χ3v) is 2.87. The molecule has 0 bridgehead atoms. The first-order chi connectivity index (χ1) is 9.92. The minimum atomic E-state index is -0.492. The fourth-order valence-corrected chi connectivity index (χ4v) is 1.80. The second-order valence-corrected chi connectivity index (χ2v) is 4.52. The van der Waals surface area contributed by atoms with Gasteiger partial charge < -0.3 is 10.2 Å². The Bertz CT molecular complexity index is 702. The number of hydrogen-bond acceptors (Lipinski definition) is 7. The summed E-state index contributed by atoms with van der Waals surface area (Å²) in [5.74, 6) is 6.57. The van der Waals surface area contributed by atoms with Crippen LogP contribution in [0.2, 0.25) is 0 Å². The van der Waals surface area contributed by atoms with E-state index < -0.39 is 4.92 Å². The molecule has 21 heavy (non-hydrogen) atoms. The Labute approximate surface area is 121 Å². The van der Waals surface area contributed by atoms with Gasteiger partial charge in [-0.05, 0) is 32.4 Å². The molecule has 0 saturated heterocycles. The Balaban J connectivity index is 2.48. The first-order valence-electron chi connectivity index (χ1n) is 6.17. The summed E-state index contributed by atoms with van der Waals surface area (Å²) in [5.41, 5.74) is 3.67. The van der Waals surface area contributed by atoms with Crippen LogP contribution in [0, 0.1) is 30.9 Å². The van der Waals surface area contributed by atoms with Gasteiger partial charge in [0.2, 0.25) is 11.6 Å². The number of nitro benzene ring substituents is 1. The average Bonchev–Trinajstić information content (AvgIpc) is 2.44. The summed E-state index contributed by atoms with van der Waals surface area (Å²) in [4.78, 5) is 18.9. The van der Waals surface area contributed by atoms with Gasteiger partial charge in [0.1, 0.15) is 11.6 Å². The van der Waals surface area contributed by atoms with E-state index in [1.165, 1.54) is 6.07 Å². The van der Waals surface area contributed by atoms with E-state index in [0.29, 0.717) is 17.2 Å². The number of rotatable bonds is 4. The third-order valence-electron chi connectivity index (χ3n) is 2.87. The quantitative estimate of drug-likeness (QED) is 0.504. The van der Waals surface area contributed by atoms with Gasteiger partial charge in [0.15, 0.2) is 0 Å². The predicted octanol–water partition coefficient (Wildman–Crippen LogP) is 2.39. The van der Waals surface area contributed by atoms with Gasteiger partial charge in [-0.1, -0.05) is 6.07 Å². The highest BCUT2D eigenvalue weighted by molar-refractivity contribution is 5.53. The Hall–Kier alpha value is -2.74. The molecular formula is C13H15N5O3. The number of hydrogen-bond donors (Lipinski definition) is 2. The van der Waals surface area contributed by atoms with Crippen molar-refractivity contribution in [2.45, 2.75) is 20.8 Å². The van der Waals surface area contributed by atoms with Crippen molar-refractivity contribution < 1.29 is 9.66 Å². The monoisotopic (exact) mass is 289 g/mol. The minimum Gasteiger partial charge on any atom is -0.431 e. The summed E-state index contributed by atoms with van der Waals surface area (Å²) < 4.78 is 5.59. The Morgan fingerprint density at radius 3 is 2.62 bits per heavy atom. The highest BCUT2D eigenvalue weighted by Crippen LogP contribution is 2.33. The van der Waals surface area contributed by atoms with Crippen molar-refractivity contribution in [3.8, 4) is 11.6 Å². The number of aromatic nitrogens is 2. The molecule has 8 heteroatoms. The van der Waals surface area contributed by atoms with Gasteiger partial charge in [-0.15, -0.1) is 0 Å². The van der Waals surface area contributed by atoms with Crippen LogP contribution in [-0.2, 0) is 0 Å². The van der Waals surface area contributed by atoms with E-state index in [-0.39, 0.29) is 17.3 Å². The first-order valence-corrected chi connectivity index (χ1v) is 6.17. The molecule has 0 unspecified atom stereocenters. The molecule has 0 amide bonds. The van der Waals surface area contributed by atoms with Crippen molar-refractivity contribution in [3.63, 3.8) is 0 Å². The topological polar surface area (TPSA) is 116 Å². The van der Waals surface area contributed by atoms with Gasteiger partial charge in [-0.3, -0.25) is 10.1 Å². The van der Waals surface area contributed by atoms with Crippen LogP contribution in [0.25, 0.3) is 0 Å². The standard InChI is InChI=1S/C13H15N5O3/c1-7-4-5-11(10(6-7)18(19)20)21-13-8(2)12(17-14)15-9(3)16-13/h4-6H,14H2,1-3H3,(H,15,16,17). The van der Waals surface area contributed by atoms with Crippen molar-refractivity contribution in [2.24, 2.45) is 5.84 Å². The number of nitro groups is 1. The van der Waals surface area contributed by atoms with E-state index in [1.807, 2.05) is 0 Å². The van der Waals surface area contributed by atoms with E-state index in [9.17, 15) is 10.1 Å². The number of benzene rings is 1. The Morgan fingerprint density at radius 1 is 1.29 bits per heavy atom. The largest absolute Gasteiger partial charge is 0.431 e. The first kappa shape index (κ1) is 14.7. The summed E-state index contributed by atoms with van der Waals surface area (Å²) in [5, 5.41) is 11.1. The fourth-order valence-electron chi connectivity index (χ4n) is 1.80. The molecule has 1 aromatic carbocycles. The molecule has 2 aromatic rings. The number of aryl methyl sites for hydroxylation is 2. The lowest BCUT2D eigenvalue weighted by atomic mass is 10.2.